The van der Waals surface area contributed by atoms with Crippen molar-refractivity contribution in [1.29, 1.82) is 0 Å². The van der Waals surface area contributed by atoms with Gasteiger partial charge in [0.2, 0.25) is 0 Å². The van der Waals surface area contributed by atoms with Crippen LogP contribution in [0.5, 0.6) is 0 Å². The Bertz CT molecular complexity index is 986. The molecule has 1 aliphatic carbocycles. The standard InChI is InChI=1S/C20H22N2O2S/c1-2-15-6-8-18(9-7-15)22(17-4-3-5-17)25(23,24)19-10-11-20-16(14-19)12-13-21-20/h6-14,17,21H,2-5H2,1H3. The molecule has 1 saturated carbocycles. The Morgan fingerprint density at radius 3 is 2.48 bits per heavy atom. The van der Waals surface area contributed by atoms with E-state index in [1.54, 1.807) is 16.4 Å². The summed E-state index contributed by atoms with van der Waals surface area (Å²) in [7, 11) is -3.58. The topological polar surface area (TPSA) is 53.2 Å². The van der Waals surface area contributed by atoms with E-state index in [1.807, 2.05) is 42.6 Å². The molecular weight excluding hydrogens is 332 g/mol. The first-order valence-corrected chi connectivity index (χ1v) is 10.2. The molecule has 130 valence electrons. The normalized spacial score (nSPS) is 15.2. The fraction of sp³-hybridized carbons (Fsp3) is 0.300. The lowest BCUT2D eigenvalue weighted by Gasteiger charge is -2.38. The summed E-state index contributed by atoms with van der Waals surface area (Å²) in [4.78, 5) is 3.46. The molecule has 5 heteroatoms. The number of rotatable bonds is 5. The highest BCUT2D eigenvalue weighted by Crippen LogP contribution is 2.35. The van der Waals surface area contributed by atoms with Gasteiger partial charge >= 0.3 is 0 Å². The van der Waals surface area contributed by atoms with Crippen LogP contribution in [0.25, 0.3) is 10.9 Å². The maximum Gasteiger partial charge on any atom is 0.264 e. The largest absolute Gasteiger partial charge is 0.361 e. The summed E-state index contributed by atoms with van der Waals surface area (Å²) in [5, 5.41) is 0.913. The van der Waals surface area contributed by atoms with Crippen molar-refractivity contribution in [2.45, 2.75) is 43.5 Å². The first-order chi connectivity index (χ1) is 12.1. The van der Waals surface area contributed by atoms with Crippen LogP contribution in [0.3, 0.4) is 0 Å². The zero-order chi connectivity index (χ0) is 17.4. The van der Waals surface area contributed by atoms with Crippen LogP contribution < -0.4 is 4.31 Å². The van der Waals surface area contributed by atoms with Crippen LogP contribution in [-0.4, -0.2) is 19.4 Å². The first-order valence-electron chi connectivity index (χ1n) is 8.80. The zero-order valence-electron chi connectivity index (χ0n) is 14.3. The van der Waals surface area contributed by atoms with Crippen molar-refractivity contribution in [3.8, 4) is 0 Å². The second-order valence-corrected chi connectivity index (χ2v) is 8.45. The molecule has 25 heavy (non-hydrogen) atoms. The molecule has 1 heterocycles. The van der Waals surface area contributed by atoms with Crippen molar-refractivity contribution in [3.05, 3.63) is 60.3 Å². The van der Waals surface area contributed by atoms with E-state index in [4.69, 9.17) is 0 Å². The molecule has 1 aliphatic rings. The predicted octanol–water partition coefficient (Wildman–Crippen LogP) is 4.48. The summed E-state index contributed by atoms with van der Waals surface area (Å²) in [6.45, 7) is 2.10. The molecule has 4 rings (SSSR count). The van der Waals surface area contributed by atoms with Crippen LogP contribution in [0.2, 0.25) is 0 Å². The summed E-state index contributed by atoms with van der Waals surface area (Å²) in [6, 6.07) is 15.1. The first kappa shape index (κ1) is 16.2. The predicted molar refractivity (Wildman–Crippen MR) is 101 cm³/mol. The van der Waals surface area contributed by atoms with Gasteiger partial charge in [0.05, 0.1) is 10.6 Å². The van der Waals surface area contributed by atoms with E-state index < -0.39 is 10.0 Å². The molecule has 0 radical (unpaired) electrons. The third kappa shape index (κ3) is 2.82. The molecule has 0 bridgehead atoms. The Morgan fingerprint density at radius 2 is 1.84 bits per heavy atom. The van der Waals surface area contributed by atoms with Gasteiger partial charge in [-0.25, -0.2) is 8.42 Å². The minimum atomic E-state index is -3.58. The maximum absolute atomic E-state index is 13.4. The number of sulfonamides is 1. The number of aromatic amines is 1. The third-order valence-corrected chi connectivity index (χ3v) is 6.96. The van der Waals surface area contributed by atoms with E-state index in [0.717, 1.165) is 42.3 Å². The molecular formula is C20H22N2O2S. The van der Waals surface area contributed by atoms with E-state index in [2.05, 4.69) is 11.9 Å². The molecule has 0 atom stereocenters. The van der Waals surface area contributed by atoms with Crippen molar-refractivity contribution in [2.75, 3.05) is 4.31 Å². The van der Waals surface area contributed by atoms with Crippen LogP contribution in [0, 0.1) is 0 Å². The van der Waals surface area contributed by atoms with Gasteiger partial charge in [-0.15, -0.1) is 0 Å². The van der Waals surface area contributed by atoms with Crippen molar-refractivity contribution in [1.82, 2.24) is 4.98 Å². The summed E-state index contributed by atoms with van der Waals surface area (Å²) < 4.78 is 28.4. The Balaban J connectivity index is 1.79. The van der Waals surface area contributed by atoms with Crippen LogP contribution >= 0.6 is 0 Å². The number of aryl methyl sites for hydroxylation is 1. The smallest absolute Gasteiger partial charge is 0.264 e. The van der Waals surface area contributed by atoms with Gasteiger partial charge in [0.15, 0.2) is 0 Å². The number of H-pyrrole nitrogens is 1. The summed E-state index contributed by atoms with van der Waals surface area (Å²) >= 11 is 0. The van der Waals surface area contributed by atoms with E-state index in [9.17, 15) is 8.42 Å². The number of anilines is 1. The van der Waals surface area contributed by atoms with Crippen molar-refractivity contribution in [3.63, 3.8) is 0 Å². The second kappa shape index (κ2) is 6.23. The minimum Gasteiger partial charge on any atom is -0.361 e. The molecule has 0 unspecified atom stereocenters. The van der Waals surface area contributed by atoms with Crippen LogP contribution in [-0.2, 0) is 16.4 Å². The van der Waals surface area contributed by atoms with E-state index in [-0.39, 0.29) is 6.04 Å². The van der Waals surface area contributed by atoms with Crippen LogP contribution in [0.4, 0.5) is 5.69 Å². The number of nitrogens with zero attached hydrogens (tertiary/aromatic N) is 1. The summed E-state index contributed by atoms with van der Waals surface area (Å²) in [5.41, 5.74) is 2.92. The van der Waals surface area contributed by atoms with Gasteiger partial charge < -0.3 is 4.98 Å². The van der Waals surface area contributed by atoms with Crippen molar-refractivity contribution < 1.29 is 8.42 Å². The van der Waals surface area contributed by atoms with Crippen LogP contribution in [0.15, 0.2) is 59.6 Å². The Kier molecular flexibility index (Phi) is 4.04. The fourth-order valence-corrected chi connectivity index (χ4v) is 5.10. The van der Waals surface area contributed by atoms with Crippen molar-refractivity contribution in [2.24, 2.45) is 0 Å². The SMILES string of the molecule is CCc1ccc(N(C2CCC2)S(=O)(=O)c2ccc3[nH]ccc3c2)cc1. The monoisotopic (exact) mass is 354 g/mol. The highest BCUT2D eigenvalue weighted by atomic mass is 32.2. The second-order valence-electron chi connectivity index (χ2n) is 6.63. The fourth-order valence-electron chi connectivity index (χ4n) is 3.35. The highest BCUT2D eigenvalue weighted by Gasteiger charge is 2.35. The van der Waals surface area contributed by atoms with Gasteiger partial charge in [-0.05, 0) is 67.6 Å². The molecule has 0 aliphatic heterocycles. The zero-order valence-corrected chi connectivity index (χ0v) is 15.1. The van der Waals surface area contributed by atoms with Gasteiger partial charge in [0.25, 0.3) is 10.0 Å². The van der Waals surface area contributed by atoms with Crippen molar-refractivity contribution >= 4 is 26.6 Å². The average Bonchev–Trinajstić information content (AvgIpc) is 3.05. The molecule has 1 aromatic heterocycles. The molecule has 0 saturated heterocycles. The molecule has 0 spiro atoms. The highest BCUT2D eigenvalue weighted by molar-refractivity contribution is 7.92. The molecule has 4 nitrogen and oxygen atoms in total. The lowest BCUT2D eigenvalue weighted by atomic mass is 9.93. The summed E-state index contributed by atoms with van der Waals surface area (Å²) in [6.07, 6.45) is 5.69. The number of aromatic nitrogens is 1. The molecule has 1 fully saturated rings. The van der Waals surface area contributed by atoms with E-state index >= 15 is 0 Å². The lowest BCUT2D eigenvalue weighted by Crippen LogP contribution is -2.44. The van der Waals surface area contributed by atoms with Gasteiger partial charge in [-0.3, -0.25) is 4.31 Å². The van der Waals surface area contributed by atoms with E-state index in [1.165, 1.54) is 5.56 Å². The average molecular weight is 354 g/mol. The van der Waals surface area contributed by atoms with Gasteiger partial charge in [0, 0.05) is 23.1 Å². The summed E-state index contributed by atoms with van der Waals surface area (Å²) in [5.74, 6) is 0. The molecule has 1 N–H and O–H groups in total. The third-order valence-electron chi connectivity index (χ3n) is 5.09. The maximum atomic E-state index is 13.4. The lowest BCUT2D eigenvalue weighted by molar-refractivity contribution is 0.415. The van der Waals surface area contributed by atoms with Crippen LogP contribution in [0.1, 0.15) is 31.7 Å². The Labute approximate surface area is 148 Å². The number of hydrogen-bond acceptors (Lipinski definition) is 2. The number of hydrogen-bond donors (Lipinski definition) is 1. The number of nitrogens with one attached hydrogen (secondary N) is 1. The quantitative estimate of drug-likeness (QED) is 0.734. The number of benzene rings is 2. The Hall–Kier alpha value is -2.27. The van der Waals surface area contributed by atoms with E-state index in [0.29, 0.717) is 4.90 Å². The minimum absolute atomic E-state index is 0.0550. The van der Waals surface area contributed by atoms with Gasteiger partial charge in [0.1, 0.15) is 0 Å². The van der Waals surface area contributed by atoms with Gasteiger partial charge in [-0.2, -0.15) is 0 Å². The molecule has 3 aromatic rings. The Morgan fingerprint density at radius 1 is 1.08 bits per heavy atom. The molecule has 0 amide bonds. The molecule has 2 aromatic carbocycles. The number of fused-ring (bicyclic) bond motifs is 1. The van der Waals surface area contributed by atoms with Gasteiger partial charge in [-0.1, -0.05) is 19.1 Å².